The van der Waals surface area contributed by atoms with Crippen molar-refractivity contribution in [3.05, 3.63) is 48.2 Å². The van der Waals surface area contributed by atoms with E-state index in [1.165, 1.54) is 11.1 Å². The maximum atomic E-state index is 12.2. The fourth-order valence-corrected chi connectivity index (χ4v) is 3.01. The van der Waals surface area contributed by atoms with E-state index in [1.54, 1.807) is 4.90 Å². The van der Waals surface area contributed by atoms with E-state index >= 15 is 0 Å². The number of aromatic nitrogens is 1. The quantitative estimate of drug-likeness (QED) is 0.815. The third-order valence-corrected chi connectivity index (χ3v) is 4.35. The molecule has 5 heteroatoms. The number of hydrogen-bond acceptors (Lipinski definition) is 4. The molecule has 1 aromatic heterocycles. The molecule has 5 nitrogen and oxygen atoms in total. The molecule has 1 aromatic carbocycles. The summed E-state index contributed by atoms with van der Waals surface area (Å²) in [5.74, 6) is 0.949. The van der Waals surface area contributed by atoms with Gasteiger partial charge >= 0.3 is 6.09 Å². The van der Waals surface area contributed by atoms with E-state index in [1.807, 2.05) is 27.0 Å². The normalized spacial score (nSPS) is 15.1. The van der Waals surface area contributed by atoms with Crippen LogP contribution in [0.4, 0.5) is 10.6 Å². The topological polar surface area (TPSA) is 45.7 Å². The predicted octanol–water partition coefficient (Wildman–Crippen LogP) is 4.11. The van der Waals surface area contributed by atoms with Crippen LogP contribution in [0.15, 0.2) is 42.6 Å². The van der Waals surface area contributed by atoms with Gasteiger partial charge in [0.05, 0.1) is 0 Å². The summed E-state index contributed by atoms with van der Waals surface area (Å²) in [6.45, 7) is 10.6. The third kappa shape index (κ3) is 4.54. The Morgan fingerprint density at radius 3 is 2.35 bits per heavy atom. The minimum atomic E-state index is -0.457. The number of aryl methyl sites for hydroxylation is 1. The molecule has 1 amide bonds. The van der Waals surface area contributed by atoms with Gasteiger partial charge in [-0.2, -0.15) is 0 Å². The van der Waals surface area contributed by atoms with Crippen molar-refractivity contribution in [2.75, 3.05) is 31.1 Å². The summed E-state index contributed by atoms with van der Waals surface area (Å²) in [6.07, 6.45) is 1.68. The minimum Gasteiger partial charge on any atom is -0.444 e. The van der Waals surface area contributed by atoms with Crippen molar-refractivity contribution in [3.8, 4) is 11.1 Å². The molecule has 1 aliphatic heterocycles. The fraction of sp³-hybridized carbons (Fsp3) is 0.429. The molecule has 3 rings (SSSR count). The molecular weight excluding hydrogens is 326 g/mol. The first kappa shape index (κ1) is 18.2. The van der Waals surface area contributed by atoms with Crippen molar-refractivity contribution >= 4 is 11.9 Å². The van der Waals surface area contributed by atoms with Gasteiger partial charge in [-0.25, -0.2) is 9.78 Å². The van der Waals surface area contributed by atoms with Crippen LogP contribution in [0.1, 0.15) is 26.3 Å². The van der Waals surface area contributed by atoms with Gasteiger partial charge in [-0.1, -0.05) is 29.8 Å². The highest BCUT2D eigenvalue weighted by molar-refractivity contribution is 5.69. The number of amides is 1. The predicted molar refractivity (Wildman–Crippen MR) is 104 cm³/mol. The molecule has 0 spiro atoms. The number of pyridine rings is 1. The van der Waals surface area contributed by atoms with Crippen LogP contribution in [0, 0.1) is 6.92 Å². The lowest BCUT2D eigenvalue weighted by Crippen LogP contribution is -2.50. The number of benzene rings is 1. The van der Waals surface area contributed by atoms with E-state index < -0.39 is 5.60 Å². The fourth-order valence-electron chi connectivity index (χ4n) is 3.01. The van der Waals surface area contributed by atoms with Gasteiger partial charge in [0.1, 0.15) is 11.4 Å². The summed E-state index contributed by atoms with van der Waals surface area (Å²) in [6, 6.07) is 12.6. The van der Waals surface area contributed by atoms with E-state index in [2.05, 4.69) is 53.2 Å². The van der Waals surface area contributed by atoms with Crippen LogP contribution in [0.3, 0.4) is 0 Å². The van der Waals surface area contributed by atoms with E-state index in [9.17, 15) is 4.79 Å². The van der Waals surface area contributed by atoms with Gasteiger partial charge in [-0.15, -0.1) is 0 Å². The minimum absolute atomic E-state index is 0.236. The molecule has 0 radical (unpaired) electrons. The number of anilines is 1. The van der Waals surface area contributed by atoms with Gasteiger partial charge in [-0.3, -0.25) is 0 Å². The molecule has 2 aromatic rings. The van der Waals surface area contributed by atoms with Crippen LogP contribution in [0.2, 0.25) is 0 Å². The summed E-state index contributed by atoms with van der Waals surface area (Å²) in [7, 11) is 0. The summed E-state index contributed by atoms with van der Waals surface area (Å²) in [5, 5.41) is 0. The van der Waals surface area contributed by atoms with Crippen molar-refractivity contribution < 1.29 is 9.53 Å². The Morgan fingerprint density at radius 1 is 1.04 bits per heavy atom. The van der Waals surface area contributed by atoms with Crippen LogP contribution in [0.25, 0.3) is 11.1 Å². The lowest BCUT2D eigenvalue weighted by Gasteiger charge is -2.36. The van der Waals surface area contributed by atoms with Crippen LogP contribution in [-0.4, -0.2) is 47.8 Å². The second kappa shape index (κ2) is 7.36. The summed E-state index contributed by atoms with van der Waals surface area (Å²) in [4.78, 5) is 20.8. The number of piperazine rings is 1. The Bertz CT molecular complexity index is 758. The van der Waals surface area contributed by atoms with Crippen molar-refractivity contribution in [3.63, 3.8) is 0 Å². The lowest BCUT2D eigenvalue weighted by atomic mass is 10.1. The van der Waals surface area contributed by atoms with Crippen LogP contribution in [-0.2, 0) is 4.74 Å². The van der Waals surface area contributed by atoms with Crippen molar-refractivity contribution in [1.29, 1.82) is 0 Å². The Labute approximate surface area is 155 Å². The molecule has 2 heterocycles. The first-order valence-electron chi connectivity index (χ1n) is 9.08. The highest BCUT2D eigenvalue weighted by Crippen LogP contribution is 2.22. The molecule has 1 fully saturated rings. The second-order valence-electron chi connectivity index (χ2n) is 7.73. The van der Waals surface area contributed by atoms with E-state index in [0.717, 1.165) is 24.5 Å². The zero-order valence-corrected chi connectivity index (χ0v) is 16.0. The zero-order chi connectivity index (χ0) is 18.7. The van der Waals surface area contributed by atoms with Gasteiger partial charge in [0, 0.05) is 37.9 Å². The molecule has 1 saturated heterocycles. The second-order valence-corrected chi connectivity index (χ2v) is 7.73. The maximum Gasteiger partial charge on any atom is 0.410 e. The Kier molecular flexibility index (Phi) is 5.16. The van der Waals surface area contributed by atoms with E-state index in [0.29, 0.717) is 13.1 Å². The molecular formula is C21H27N3O2. The molecule has 0 atom stereocenters. The van der Waals surface area contributed by atoms with Gasteiger partial charge in [-0.05, 0) is 45.4 Å². The SMILES string of the molecule is Cc1cccc(-c2ccc(N3CCN(C(=O)OC(C)(C)C)CC3)nc2)c1. The molecule has 138 valence electrons. The first-order chi connectivity index (χ1) is 12.3. The molecule has 0 saturated carbocycles. The standard InChI is InChI=1S/C21H27N3O2/c1-16-6-5-7-17(14-16)18-8-9-19(22-15-18)23-10-12-24(13-11-23)20(25)26-21(2,3)4/h5-9,14-15H,10-13H2,1-4H3. The summed E-state index contributed by atoms with van der Waals surface area (Å²) >= 11 is 0. The Hall–Kier alpha value is -2.56. The van der Waals surface area contributed by atoms with Crippen molar-refractivity contribution in [2.24, 2.45) is 0 Å². The molecule has 0 bridgehead atoms. The smallest absolute Gasteiger partial charge is 0.410 e. The largest absolute Gasteiger partial charge is 0.444 e. The van der Waals surface area contributed by atoms with Crippen LogP contribution < -0.4 is 4.90 Å². The van der Waals surface area contributed by atoms with Crippen LogP contribution >= 0.6 is 0 Å². The van der Waals surface area contributed by atoms with Gasteiger partial charge in [0.2, 0.25) is 0 Å². The van der Waals surface area contributed by atoms with Gasteiger partial charge in [0.15, 0.2) is 0 Å². The Balaban J connectivity index is 1.60. The molecule has 0 unspecified atom stereocenters. The number of nitrogens with zero attached hydrogens (tertiary/aromatic N) is 3. The molecule has 0 N–H and O–H groups in total. The number of rotatable bonds is 2. The van der Waals surface area contributed by atoms with Gasteiger partial charge in [0.25, 0.3) is 0 Å². The monoisotopic (exact) mass is 353 g/mol. The average molecular weight is 353 g/mol. The zero-order valence-electron chi connectivity index (χ0n) is 16.0. The van der Waals surface area contributed by atoms with Crippen molar-refractivity contribution in [1.82, 2.24) is 9.88 Å². The van der Waals surface area contributed by atoms with Gasteiger partial charge < -0.3 is 14.5 Å². The number of carbonyl (C=O) groups is 1. The van der Waals surface area contributed by atoms with Crippen LogP contribution in [0.5, 0.6) is 0 Å². The molecule has 0 aliphatic carbocycles. The van der Waals surface area contributed by atoms with E-state index in [4.69, 9.17) is 4.74 Å². The summed E-state index contributed by atoms with van der Waals surface area (Å²) in [5.41, 5.74) is 3.08. The number of hydrogen-bond donors (Lipinski definition) is 0. The number of ether oxygens (including phenoxy) is 1. The first-order valence-corrected chi connectivity index (χ1v) is 9.08. The highest BCUT2D eigenvalue weighted by atomic mass is 16.6. The van der Waals surface area contributed by atoms with E-state index in [-0.39, 0.29) is 6.09 Å². The number of carbonyl (C=O) groups excluding carboxylic acids is 1. The van der Waals surface area contributed by atoms with Crippen molar-refractivity contribution in [2.45, 2.75) is 33.3 Å². The average Bonchev–Trinajstić information content (AvgIpc) is 2.61. The highest BCUT2D eigenvalue weighted by Gasteiger charge is 2.26. The molecule has 1 aliphatic rings. The maximum absolute atomic E-state index is 12.2. The lowest BCUT2D eigenvalue weighted by molar-refractivity contribution is 0.0240. The third-order valence-electron chi connectivity index (χ3n) is 4.35. The Morgan fingerprint density at radius 2 is 1.77 bits per heavy atom. The molecule has 26 heavy (non-hydrogen) atoms. The summed E-state index contributed by atoms with van der Waals surface area (Å²) < 4.78 is 5.45.